The quantitative estimate of drug-likeness (QED) is 0.710. The normalized spacial score (nSPS) is 15.8. The molecule has 0 aromatic heterocycles. The van der Waals surface area contributed by atoms with Gasteiger partial charge in [-0.1, -0.05) is 42.5 Å². The Labute approximate surface area is 164 Å². The number of carbonyl (C=O) groups excluding carboxylic acids is 2. The molecule has 27 heavy (non-hydrogen) atoms. The first-order valence-electron chi connectivity index (χ1n) is 9.10. The SMILES string of the molecule is CC1Oc2ccccc2N(CCC(=O)NCCSCc2ccccc2)C1=O. The Kier molecular flexibility index (Phi) is 6.76. The fraction of sp³-hybridized carbons (Fsp3) is 0.333. The van der Waals surface area contributed by atoms with Crippen molar-refractivity contribution in [3.63, 3.8) is 0 Å². The minimum absolute atomic E-state index is 0.0419. The zero-order valence-electron chi connectivity index (χ0n) is 15.4. The maximum atomic E-state index is 12.4. The maximum Gasteiger partial charge on any atom is 0.267 e. The lowest BCUT2D eigenvalue weighted by atomic mass is 10.1. The highest BCUT2D eigenvalue weighted by molar-refractivity contribution is 7.98. The van der Waals surface area contributed by atoms with Gasteiger partial charge in [0.1, 0.15) is 5.75 Å². The average Bonchev–Trinajstić information content (AvgIpc) is 2.69. The Morgan fingerprint density at radius 1 is 1.15 bits per heavy atom. The van der Waals surface area contributed by atoms with Crippen LogP contribution >= 0.6 is 11.8 Å². The van der Waals surface area contributed by atoms with E-state index < -0.39 is 6.10 Å². The Bertz CT molecular complexity index is 782. The van der Waals surface area contributed by atoms with E-state index in [1.807, 2.05) is 42.5 Å². The highest BCUT2D eigenvalue weighted by atomic mass is 32.2. The van der Waals surface area contributed by atoms with Crippen molar-refractivity contribution in [2.75, 3.05) is 23.7 Å². The number of fused-ring (bicyclic) bond motifs is 1. The molecule has 1 aliphatic heterocycles. The second-order valence-electron chi connectivity index (χ2n) is 6.36. The number of nitrogens with one attached hydrogen (secondary N) is 1. The molecule has 0 bridgehead atoms. The van der Waals surface area contributed by atoms with Crippen molar-refractivity contribution in [3.8, 4) is 5.75 Å². The molecule has 1 unspecified atom stereocenters. The van der Waals surface area contributed by atoms with E-state index >= 15 is 0 Å². The van der Waals surface area contributed by atoms with E-state index in [4.69, 9.17) is 4.74 Å². The number of anilines is 1. The molecule has 1 N–H and O–H groups in total. The zero-order chi connectivity index (χ0) is 19.1. The van der Waals surface area contributed by atoms with Gasteiger partial charge in [0.05, 0.1) is 5.69 Å². The number of thioether (sulfide) groups is 1. The fourth-order valence-corrected chi connectivity index (χ4v) is 3.74. The van der Waals surface area contributed by atoms with E-state index in [-0.39, 0.29) is 18.2 Å². The minimum Gasteiger partial charge on any atom is -0.479 e. The van der Waals surface area contributed by atoms with Crippen LogP contribution in [0, 0.1) is 0 Å². The molecule has 3 rings (SSSR count). The van der Waals surface area contributed by atoms with Gasteiger partial charge in [0.2, 0.25) is 5.91 Å². The third-order valence-electron chi connectivity index (χ3n) is 4.32. The average molecular weight is 385 g/mol. The summed E-state index contributed by atoms with van der Waals surface area (Å²) in [6, 6.07) is 17.7. The summed E-state index contributed by atoms with van der Waals surface area (Å²) in [5, 5.41) is 2.93. The van der Waals surface area contributed by atoms with Crippen molar-refractivity contribution in [2.45, 2.75) is 25.2 Å². The van der Waals surface area contributed by atoms with Crippen molar-refractivity contribution >= 4 is 29.3 Å². The van der Waals surface area contributed by atoms with Crippen LogP contribution < -0.4 is 15.0 Å². The highest BCUT2D eigenvalue weighted by Crippen LogP contribution is 2.33. The fourth-order valence-electron chi connectivity index (χ4n) is 2.92. The maximum absolute atomic E-state index is 12.4. The number of nitrogens with zero attached hydrogens (tertiary/aromatic N) is 1. The van der Waals surface area contributed by atoms with E-state index in [2.05, 4.69) is 17.4 Å². The first-order valence-corrected chi connectivity index (χ1v) is 10.3. The monoisotopic (exact) mass is 384 g/mol. The molecule has 2 amide bonds. The van der Waals surface area contributed by atoms with Crippen LogP contribution in [-0.4, -0.2) is 36.8 Å². The van der Waals surface area contributed by atoms with E-state index in [9.17, 15) is 9.59 Å². The van der Waals surface area contributed by atoms with Gasteiger partial charge >= 0.3 is 0 Å². The summed E-state index contributed by atoms with van der Waals surface area (Å²) in [4.78, 5) is 26.2. The number of hydrogen-bond acceptors (Lipinski definition) is 4. The van der Waals surface area contributed by atoms with Gasteiger partial charge < -0.3 is 15.0 Å². The summed E-state index contributed by atoms with van der Waals surface area (Å²) >= 11 is 1.79. The molecule has 2 aromatic rings. The summed E-state index contributed by atoms with van der Waals surface area (Å²) in [7, 11) is 0. The van der Waals surface area contributed by atoms with E-state index in [0.717, 1.165) is 17.2 Å². The zero-order valence-corrected chi connectivity index (χ0v) is 16.2. The Morgan fingerprint density at radius 3 is 2.70 bits per heavy atom. The number of amides is 2. The standard InChI is InChI=1S/C21H24N2O3S/c1-16-21(25)23(18-9-5-6-10-19(18)26-16)13-11-20(24)22-12-14-27-15-17-7-3-2-4-8-17/h2-10,16H,11-15H2,1H3,(H,22,24). The van der Waals surface area contributed by atoms with Crippen LogP contribution in [0.1, 0.15) is 18.9 Å². The molecular formula is C21H24N2O3S. The van der Waals surface area contributed by atoms with Crippen LogP contribution in [0.15, 0.2) is 54.6 Å². The molecule has 0 spiro atoms. The van der Waals surface area contributed by atoms with Crippen LogP contribution in [-0.2, 0) is 15.3 Å². The Hall–Kier alpha value is -2.47. The van der Waals surface area contributed by atoms with Crippen molar-refractivity contribution in [1.82, 2.24) is 5.32 Å². The van der Waals surface area contributed by atoms with E-state index in [0.29, 0.717) is 18.8 Å². The van der Waals surface area contributed by atoms with E-state index in [1.165, 1.54) is 5.56 Å². The number of ether oxygens (including phenoxy) is 1. The molecule has 0 fully saturated rings. The molecule has 0 aliphatic carbocycles. The van der Waals surface area contributed by atoms with Gasteiger partial charge in [-0.15, -0.1) is 0 Å². The van der Waals surface area contributed by atoms with Gasteiger partial charge in [0.15, 0.2) is 6.10 Å². The number of carbonyl (C=O) groups is 2. The second-order valence-corrected chi connectivity index (χ2v) is 7.46. The number of para-hydroxylation sites is 2. The van der Waals surface area contributed by atoms with Crippen LogP contribution in [0.4, 0.5) is 5.69 Å². The van der Waals surface area contributed by atoms with Gasteiger partial charge in [-0.05, 0) is 24.6 Å². The lowest BCUT2D eigenvalue weighted by Gasteiger charge is -2.32. The summed E-state index contributed by atoms with van der Waals surface area (Å²) in [6.07, 6.45) is -0.256. The van der Waals surface area contributed by atoms with E-state index in [1.54, 1.807) is 23.6 Å². The Balaban J connectivity index is 1.40. The molecule has 5 nitrogen and oxygen atoms in total. The van der Waals surface area contributed by atoms with Crippen LogP contribution in [0.25, 0.3) is 0 Å². The minimum atomic E-state index is -0.530. The number of benzene rings is 2. The van der Waals surface area contributed by atoms with Crippen LogP contribution in [0.5, 0.6) is 5.75 Å². The first kappa shape index (κ1) is 19.3. The molecule has 1 aliphatic rings. The van der Waals surface area contributed by atoms with Crippen molar-refractivity contribution in [2.24, 2.45) is 0 Å². The third-order valence-corrected chi connectivity index (χ3v) is 5.35. The van der Waals surface area contributed by atoms with Crippen molar-refractivity contribution in [3.05, 3.63) is 60.2 Å². The topological polar surface area (TPSA) is 58.6 Å². The smallest absolute Gasteiger partial charge is 0.267 e. The molecular weight excluding hydrogens is 360 g/mol. The molecule has 6 heteroatoms. The predicted octanol–water partition coefficient (Wildman–Crippen LogP) is 3.24. The molecule has 0 saturated heterocycles. The molecule has 142 valence electrons. The number of rotatable bonds is 8. The lowest BCUT2D eigenvalue weighted by molar-refractivity contribution is -0.125. The summed E-state index contributed by atoms with van der Waals surface area (Å²) in [5.74, 6) is 2.33. The highest BCUT2D eigenvalue weighted by Gasteiger charge is 2.31. The predicted molar refractivity (Wildman–Crippen MR) is 109 cm³/mol. The summed E-state index contributed by atoms with van der Waals surface area (Å²) in [6.45, 7) is 2.71. The molecule has 1 atom stereocenters. The van der Waals surface area contributed by atoms with Gasteiger partial charge in [0.25, 0.3) is 5.91 Å². The second kappa shape index (κ2) is 9.46. The molecule has 0 radical (unpaired) electrons. The third kappa shape index (κ3) is 5.26. The van der Waals surface area contributed by atoms with Gasteiger partial charge in [-0.2, -0.15) is 11.8 Å². The number of hydrogen-bond donors (Lipinski definition) is 1. The lowest BCUT2D eigenvalue weighted by Crippen LogP contribution is -2.45. The van der Waals surface area contributed by atoms with Gasteiger partial charge in [-0.3, -0.25) is 9.59 Å². The van der Waals surface area contributed by atoms with Crippen LogP contribution in [0.2, 0.25) is 0 Å². The van der Waals surface area contributed by atoms with Crippen LogP contribution in [0.3, 0.4) is 0 Å². The Morgan fingerprint density at radius 2 is 1.89 bits per heavy atom. The summed E-state index contributed by atoms with van der Waals surface area (Å²) in [5.41, 5.74) is 2.01. The van der Waals surface area contributed by atoms with Gasteiger partial charge in [-0.25, -0.2) is 0 Å². The molecule has 0 saturated carbocycles. The van der Waals surface area contributed by atoms with Crippen molar-refractivity contribution < 1.29 is 14.3 Å². The summed E-state index contributed by atoms with van der Waals surface area (Å²) < 4.78 is 5.61. The molecule has 1 heterocycles. The molecule has 2 aromatic carbocycles. The first-order chi connectivity index (χ1) is 13.1. The van der Waals surface area contributed by atoms with Crippen molar-refractivity contribution in [1.29, 1.82) is 0 Å². The largest absolute Gasteiger partial charge is 0.479 e. The van der Waals surface area contributed by atoms with Gasteiger partial charge in [0, 0.05) is 31.0 Å².